The van der Waals surface area contributed by atoms with Gasteiger partial charge in [-0.05, 0) is 42.0 Å². The third kappa shape index (κ3) is 11.7. The highest BCUT2D eigenvalue weighted by Gasteiger charge is 2.50. The molecule has 24 nitrogen and oxygen atoms in total. The lowest BCUT2D eigenvalue weighted by Gasteiger charge is -2.42. The Morgan fingerprint density at radius 3 is 1.95 bits per heavy atom. The van der Waals surface area contributed by atoms with Gasteiger partial charge in [-0.25, -0.2) is 4.79 Å². The van der Waals surface area contributed by atoms with Crippen LogP contribution in [-0.4, -0.2) is 161 Å². The van der Waals surface area contributed by atoms with Crippen molar-refractivity contribution < 1.29 is 118 Å². The van der Waals surface area contributed by atoms with Crippen molar-refractivity contribution in [2.24, 2.45) is 0 Å². The van der Waals surface area contributed by atoms with Crippen molar-refractivity contribution in [1.29, 1.82) is 0 Å². The van der Waals surface area contributed by atoms with E-state index >= 15 is 0 Å². The second kappa shape index (κ2) is 20.8. The number of benzene rings is 3. The lowest BCUT2D eigenvalue weighted by atomic mass is 9.98. The number of aliphatic hydroxyl groups is 5. The summed E-state index contributed by atoms with van der Waals surface area (Å²) in [4.78, 5) is 59.1. The van der Waals surface area contributed by atoms with E-state index in [9.17, 15) is 69.9 Å². The maximum atomic E-state index is 12.6. The van der Waals surface area contributed by atoms with E-state index in [2.05, 4.69) is 0 Å². The highest BCUT2D eigenvalue weighted by molar-refractivity contribution is 5.90. The second-order valence-electron chi connectivity index (χ2n) is 14.8. The number of phenols is 4. The van der Waals surface area contributed by atoms with E-state index in [1.54, 1.807) is 0 Å². The Bertz CT molecular complexity index is 2340. The largest absolute Gasteiger partial charge is 0.508 e. The van der Waals surface area contributed by atoms with Gasteiger partial charge in [0.2, 0.25) is 12.6 Å². The summed E-state index contributed by atoms with van der Waals surface area (Å²) in [7, 11) is 0. The molecular weight excluding hydrogens is 888 g/mol. The third-order valence-electron chi connectivity index (χ3n) is 9.95. The normalized spacial score (nSPS) is 27.0. The molecule has 0 aliphatic carbocycles. The van der Waals surface area contributed by atoms with Crippen LogP contribution in [0.5, 0.6) is 34.5 Å². The molecule has 11 atom stereocenters. The van der Waals surface area contributed by atoms with E-state index in [1.165, 1.54) is 54.6 Å². The van der Waals surface area contributed by atoms with E-state index in [1.807, 2.05) is 0 Å². The van der Waals surface area contributed by atoms with Crippen molar-refractivity contribution in [3.05, 3.63) is 83.1 Å². The molecule has 3 aromatic carbocycles. The quantitative estimate of drug-likeness (QED) is 0.0278. The summed E-state index contributed by atoms with van der Waals surface area (Å²) in [6.45, 7) is -1.61. The predicted molar refractivity (Wildman–Crippen MR) is 212 cm³/mol. The number of ether oxygens (including phenoxy) is 8. The molecular formula is C42H42O24. The minimum absolute atomic E-state index is 0.0901. The van der Waals surface area contributed by atoms with Gasteiger partial charge < -0.3 is 94.1 Å². The van der Waals surface area contributed by atoms with Crippen LogP contribution in [0, 0.1) is 0 Å². The van der Waals surface area contributed by atoms with Gasteiger partial charge >= 0.3 is 29.8 Å². The van der Waals surface area contributed by atoms with Crippen molar-refractivity contribution in [2.75, 3.05) is 13.2 Å². The standard InChI is InChI=1S/C42H42O24/c43-19-5-3-18(4-6-19)39-26(63-41-37(57)35(55)34(54)27(64-41)15-59-31(51)8-2-17-1-7-22(45)23(46)9-17)12-21-24(61-39)10-20(44)11-25(21)62-42-38(58)36(56)40(66-33(53)14-30(49)50)28(65-42)16-60-32(52)13-29(47)48/h1-12,27-28,34-46,54-58H,13-16H2,(H,47,48)(H,49,50)/b8-2-/t27-,28-,34-,35+,36-,37-,38-,39?,40-,41-,42-/m1/s1. The molecule has 1 unspecified atom stereocenters. The summed E-state index contributed by atoms with van der Waals surface area (Å²) < 4.78 is 44.8. The number of carbonyl (C=O) groups is 5. The van der Waals surface area contributed by atoms with Crippen LogP contribution in [0.25, 0.3) is 12.2 Å². The number of aliphatic carboxylic acids is 2. The molecule has 0 amide bonds. The minimum Gasteiger partial charge on any atom is -0.508 e. The highest BCUT2D eigenvalue weighted by atomic mass is 16.7. The van der Waals surface area contributed by atoms with E-state index in [0.717, 1.165) is 18.2 Å². The van der Waals surface area contributed by atoms with Crippen molar-refractivity contribution in [3.8, 4) is 34.5 Å². The predicted octanol–water partition coefficient (Wildman–Crippen LogP) is -0.706. The van der Waals surface area contributed by atoms with Gasteiger partial charge in [-0.15, -0.1) is 0 Å². The molecule has 66 heavy (non-hydrogen) atoms. The first-order chi connectivity index (χ1) is 31.3. The lowest BCUT2D eigenvalue weighted by molar-refractivity contribution is -0.294. The fraction of sp³-hybridized carbons (Fsp3) is 0.357. The number of phenolic OH excluding ortho intramolecular Hbond substituents is 4. The van der Waals surface area contributed by atoms with Gasteiger partial charge in [0.15, 0.2) is 23.7 Å². The molecule has 0 saturated carbocycles. The van der Waals surface area contributed by atoms with Crippen LogP contribution in [0.4, 0.5) is 0 Å². The molecule has 0 radical (unpaired) electrons. The number of hydrogen-bond acceptors (Lipinski definition) is 22. The summed E-state index contributed by atoms with van der Waals surface area (Å²) in [6.07, 6.45) is -19.1. The van der Waals surface area contributed by atoms with Crippen LogP contribution >= 0.6 is 0 Å². The number of rotatable bonds is 16. The number of aromatic hydroxyl groups is 4. The number of carboxylic acid groups (broad SMARTS) is 2. The molecule has 0 spiro atoms. The zero-order valence-electron chi connectivity index (χ0n) is 33.8. The van der Waals surface area contributed by atoms with Gasteiger partial charge in [0.25, 0.3) is 0 Å². The molecule has 11 N–H and O–H groups in total. The Labute approximate surface area is 370 Å². The monoisotopic (exact) mass is 930 g/mol. The Hall–Kier alpha value is -7.19. The molecule has 3 aliphatic heterocycles. The van der Waals surface area contributed by atoms with Crippen LogP contribution < -0.4 is 9.47 Å². The minimum atomic E-state index is -2.13. The molecule has 3 heterocycles. The lowest BCUT2D eigenvalue weighted by Crippen LogP contribution is -2.61. The first kappa shape index (κ1) is 48.3. The second-order valence-corrected chi connectivity index (χ2v) is 14.8. The molecule has 3 aromatic rings. The summed E-state index contributed by atoms with van der Waals surface area (Å²) in [6, 6.07) is 11.3. The summed E-state index contributed by atoms with van der Waals surface area (Å²) in [5, 5.41) is 113. The van der Waals surface area contributed by atoms with Gasteiger partial charge in [-0.1, -0.05) is 18.2 Å². The van der Waals surface area contributed by atoms with Crippen LogP contribution in [0.1, 0.15) is 35.6 Å². The maximum Gasteiger partial charge on any atom is 0.330 e. The van der Waals surface area contributed by atoms with Crippen molar-refractivity contribution >= 4 is 42.0 Å². The maximum absolute atomic E-state index is 12.6. The van der Waals surface area contributed by atoms with Gasteiger partial charge in [0.1, 0.15) is 97.5 Å². The summed E-state index contributed by atoms with van der Waals surface area (Å²) in [5.74, 6) is -9.06. The molecule has 354 valence electrons. The third-order valence-corrected chi connectivity index (χ3v) is 9.95. The number of carboxylic acids is 2. The number of hydrogen-bond donors (Lipinski definition) is 11. The Morgan fingerprint density at radius 2 is 1.27 bits per heavy atom. The number of carbonyl (C=O) groups excluding carboxylic acids is 3. The van der Waals surface area contributed by atoms with Crippen molar-refractivity contribution in [3.63, 3.8) is 0 Å². The van der Waals surface area contributed by atoms with Crippen molar-refractivity contribution in [1.82, 2.24) is 0 Å². The fourth-order valence-corrected chi connectivity index (χ4v) is 6.69. The van der Waals surface area contributed by atoms with Crippen LogP contribution in [0.15, 0.2) is 66.4 Å². The number of aliphatic hydroxyl groups excluding tert-OH is 5. The molecule has 2 saturated heterocycles. The Morgan fingerprint density at radius 1 is 0.636 bits per heavy atom. The molecule has 0 bridgehead atoms. The van der Waals surface area contributed by atoms with Gasteiger partial charge in [0.05, 0.1) is 5.56 Å². The summed E-state index contributed by atoms with van der Waals surface area (Å²) in [5.41, 5.74) is 0.512. The zero-order chi connectivity index (χ0) is 48.0. The van der Waals surface area contributed by atoms with Gasteiger partial charge in [0, 0.05) is 23.8 Å². The summed E-state index contributed by atoms with van der Waals surface area (Å²) >= 11 is 0. The smallest absolute Gasteiger partial charge is 0.330 e. The average molecular weight is 931 g/mol. The number of esters is 3. The van der Waals surface area contributed by atoms with Crippen LogP contribution in [0.2, 0.25) is 0 Å². The van der Waals surface area contributed by atoms with E-state index < -0.39 is 135 Å². The molecule has 0 aromatic heterocycles. The average Bonchev–Trinajstić information content (AvgIpc) is 3.25. The Kier molecular flexibility index (Phi) is 15.2. The first-order valence-electron chi connectivity index (χ1n) is 19.5. The SMILES string of the molecule is O=C(O)CC(=O)OC[C@H]1O[C@@H](Oc2cc(O)cc3c2C=C(O[C@@H]2O[C@H](COC(=O)/C=C\c4ccc(O)c(O)c4)[C@@H](O)[C@H](O)[C@H]2O)C(c2ccc(O)cc2)O3)[C@H](O)[C@@H](O)[C@@H]1OC(=O)CC(=O)O. The molecule has 6 rings (SSSR count). The van der Waals surface area contributed by atoms with Crippen LogP contribution in [0.3, 0.4) is 0 Å². The van der Waals surface area contributed by atoms with Gasteiger partial charge in [-0.3, -0.25) is 19.2 Å². The topological polar surface area (TPSA) is 382 Å². The van der Waals surface area contributed by atoms with Crippen LogP contribution in [-0.2, 0) is 52.4 Å². The molecule has 2 fully saturated rings. The van der Waals surface area contributed by atoms with E-state index in [-0.39, 0.29) is 34.3 Å². The van der Waals surface area contributed by atoms with Gasteiger partial charge in [-0.2, -0.15) is 0 Å². The van der Waals surface area contributed by atoms with Crippen molar-refractivity contribution in [2.45, 2.75) is 80.4 Å². The first-order valence-corrected chi connectivity index (χ1v) is 19.5. The molecule has 24 heteroatoms. The van der Waals surface area contributed by atoms with E-state index in [0.29, 0.717) is 11.1 Å². The molecule has 3 aliphatic rings. The van der Waals surface area contributed by atoms with E-state index in [4.69, 9.17) is 48.1 Å². The number of fused-ring (bicyclic) bond motifs is 1. The zero-order valence-corrected chi connectivity index (χ0v) is 33.8. The Balaban J connectivity index is 1.27. The highest BCUT2D eigenvalue weighted by Crippen LogP contribution is 2.46. The fourth-order valence-electron chi connectivity index (χ4n) is 6.69.